The number of hydrogen-bond donors (Lipinski definition) is 0. The van der Waals surface area contributed by atoms with Crippen LogP contribution in [0.4, 0.5) is 0 Å². The van der Waals surface area contributed by atoms with Gasteiger partial charge in [-0.2, -0.15) is 0 Å². The van der Waals surface area contributed by atoms with Gasteiger partial charge in [0.05, 0.1) is 4.88 Å². The Hall–Kier alpha value is -1.13. The van der Waals surface area contributed by atoms with Gasteiger partial charge in [0.15, 0.2) is 6.61 Å². The molecule has 1 heterocycles. The van der Waals surface area contributed by atoms with Crippen molar-refractivity contribution in [3.05, 3.63) is 51.1 Å². The van der Waals surface area contributed by atoms with E-state index in [0.29, 0.717) is 5.75 Å². The summed E-state index contributed by atoms with van der Waals surface area (Å²) in [6.45, 7) is 0.0855. The fourth-order valence-corrected chi connectivity index (χ4v) is 2.10. The van der Waals surface area contributed by atoms with Crippen molar-refractivity contribution in [2.45, 2.75) is 0 Å². The molecule has 0 aliphatic carbocycles. The highest BCUT2D eigenvalue weighted by molar-refractivity contribution is 9.10. The highest BCUT2D eigenvalue weighted by atomic mass is 79.9. The molecule has 1 aromatic carbocycles. The minimum absolute atomic E-state index is 0.0120. The topological polar surface area (TPSA) is 26.3 Å². The summed E-state index contributed by atoms with van der Waals surface area (Å²) in [5.41, 5.74) is 0. The van der Waals surface area contributed by atoms with Gasteiger partial charge in [0, 0.05) is 4.47 Å². The lowest BCUT2D eigenvalue weighted by atomic mass is 10.3. The van der Waals surface area contributed by atoms with Crippen LogP contribution in [-0.2, 0) is 0 Å². The van der Waals surface area contributed by atoms with E-state index < -0.39 is 0 Å². The third-order valence-corrected chi connectivity index (χ3v) is 3.42. The minimum Gasteiger partial charge on any atom is -0.485 e. The first kappa shape index (κ1) is 11.4. The average molecular weight is 297 g/mol. The quantitative estimate of drug-likeness (QED) is 0.803. The van der Waals surface area contributed by atoms with Crippen molar-refractivity contribution in [3.8, 4) is 5.75 Å². The Balaban J connectivity index is 1.93. The second kappa shape index (κ2) is 5.27. The Kier molecular flexibility index (Phi) is 3.74. The number of halogens is 1. The lowest BCUT2D eigenvalue weighted by Crippen LogP contribution is -2.09. The van der Waals surface area contributed by atoms with E-state index >= 15 is 0 Å². The largest absolute Gasteiger partial charge is 0.485 e. The molecule has 4 heteroatoms. The molecule has 0 aliphatic heterocycles. The van der Waals surface area contributed by atoms with Crippen LogP contribution in [0.1, 0.15) is 9.67 Å². The van der Waals surface area contributed by atoms with Gasteiger partial charge in [-0.15, -0.1) is 11.3 Å². The van der Waals surface area contributed by atoms with Crippen LogP contribution in [0.5, 0.6) is 5.75 Å². The zero-order chi connectivity index (χ0) is 11.4. The van der Waals surface area contributed by atoms with Crippen molar-refractivity contribution < 1.29 is 9.53 Å². The van der Waals surface area contributed by atoms with E-state index in [1.54, 1.807) is 6.07 Å². The van der Waals surface area contributed by atoms with Crippen LogP contribution >= 0.6 is 27.3 Å². The molecular weight excluding hydrogens is 288 g/mol. The molecule has 0 amide bonds. The summed E-state index contributed by atoms with van der Waals surface area (Å²) in [6.07, 6.45) is 0. The molecule has 0 radical (unpaired) electrons. The molecule has 2 aromatic rings. The Morgan fingerprint density at radius 3 is 2.62 bits per heavy atom. The first-order chi connectivity index (χ1) is 7.75. The van der Waals surface area contributed by atoms with Gasteiger partial charge in [-0.25, -0.2) is 0 Å². The standard InChI is InChI=1S/C12H9BrO2S/c13-9-3-5-10(6-4-9)15-8-11(14)12-2-1-7-16-12/h1-7H,8H2. The van der Waals surface area contributed by atoms with Crippen molar-refractivity contribution in [1.82, 2.24) is 0 Å². The van der Waals surface area contributed by atoms with Gasteiger partial charge in [0.25, 0.3) is 0 Å². The third kappa shape index (κ3) is 2.93. The summed E-state index contributed by atoms with van der Waals surface area (Å²) in [5.74, 6) is 0.714. The molecule has 1 aromatic heterocycles. The maximum atomic E-state index is 11.6. The molecule has 16 heavy (non-hydrogen) atoms. The summed E-state index contributed by atoms with van der Waals surface area (Å²) in [5, 5.41) is 1.88. The summed E-state index contributed by atoms with van der Waals surface area (Å²) in [7, 11) is 0. The van der Waals surface area contributed by atoms with Gasteiger partial charge in [-0.05, 0) is 35.7 Å². The summed E-state index contributed by atoms with van der Waals surface area (Å²) < 4.78 is 6.37. The van der Waals surface area contributed by atoms with Crippen molar-refractivity contribution in [3.63, 3.8) is 0 Å². The van der Waals surface area contributed by atoms with E-state index in [0.717, 1.165) is 9.35 Å². The molecular formula is C12H9BrO2S. The van der Waals surface area contributed by atoms with Crippen LogP contribution in [0, 0.1) is 0 Å². The van der Waals surface area contributed by atoms with Crippen LogP contribution in [-0.4, -0.2) is 12.4 Å². The number of benzene rings is 1. The fourth-order valence-electron chi connectivity index (χ4n) is 1.19. The van der Waals surface area contributed by atoms with Crippen molar-refractivity contribution in [2.75, 3.05) is 6.61 Å². The molecule has 2 rings (SSSR count). The molecule has 2 nitrogen and oxygen atoms in total. The number of ketones is 1. The summed E-state index contributed by atoms with van der Waals surface area (Å²) in [4.78, 5) is 12.4. The third-order valence-electron chi connectivity index (χ3n) is 1.98. The molecule has 0 saturated heterocycles. The smallest absolute Gasteiger partial charge is 0.210 e. The van der Waals surface area contributed by atoms with Crippen LogP contribution in [0.3, 0.4) is 0 Å². The number of Topliss-reactive ketones (excluding diaryl/α,β-unsaturated/α-hetero) is 1. The Bertz CT molecular complexity index is 462. The number of carbonyl (C=O) groups excluding carboxylic acids is 1. The van der Waals surface area contributed by atoms with Crippen LogP contribution < -0.4 is 4.74 Å². The zero-order valence-electron chi connectivity index (χ0n) is 8.35. The van der Waals surface area contributed by atoms with E-state index in [9.17, 15) is 4.79 Å². The molecule has 0 bridgehead atoms. The number of hydrogen-bond acceptors (Lipinski definition) is 3. The molecule has 0 unspecified atom stereocenters. The lowest BCUT2D eigenvalue weighted by Gasteiger charge is -2.04. The molecule has 0 aliphatic rings. The van der Waals surface area contributed by atoms with Gasteiger partial charge in [0.2, 0.25) is 5.78 Å². The van der Waals surface area contributed by atoms with Gasteiger partial charge in [-0.3, -0.25) is 4.79 Å². The van der Waals surface area contributed by atoms with Gasteiger partial charge >= 0.3 is 0 Å². The van der Waals surface area contributed by atoms with Crippen LogP contribution in [0.15, 0.2) is 46.3 Å². The van der Waals surface area contributed by atoms with Gasteiger partial charge < -0.3 is 4.74 Å². The SMILES string of the molecule is O=C(COc1ccc(Br)cc1)c1cccs1. The second-order valence-electron chi connectivity index (χ2n) is 3.14. The first-order valence-corrected chi connectivity index (χ1v) is 6.38. The normalized spacial score (nSPS) is 10.1. The van der Waals surface area contributed by atoms with E-state index in [-0.39, 0.29) is 12.4 Å². The molecule has 82 valence electrons. The monoisotopic (exact) mass is 296 g/mol. The van der Waals surface area contributed by atoms with E-state index in [2.05, 4.69) is 15.9 Å². The Morgan fingerprint density at radius 2 is 2.00 bits per heavy atom. The predicted octanol–water partition coefficient (Wildman–Crippen LogP) is 3.77. The lowest BCUT2D eigenvalue weighted by molar-refractivity contribution is 0.0925. The molecule has 0 spiro atoms. The van der Waals surface area contributed by atoms with Crippen molar-refractivity contribution in [1.29, 1.82) is 0 Å². The number of rotatable bonds is 4. The Morgan fingerprint density at radius 1 is 1.25 bits per heavy atom. The van der Waals surface area contributed by atoms with E-state index in [1.807, 2.05) is 35.7 Å². The highest BCUT2D eigenvalue weighted by Gasteiger charge is 2.07. The first-order valence-electron chi connectivity index (χ1n) is 4.71. The molecule has 0 atom stereocenters. The summed E-state index contributed by atoms with van der Waals surface area (Å²) in [6, 6.07) is 11.1. The van der Waals surface area contributed by atoms with Gasteiger partial charge in [0.1, 0.15) is 5.75 Å². The van der Waals surface area contributed by atoms with E-state index in [1.165, 1.54) is 11.3 Å². The molecule has 0 fully saturated rings. The van der Waals surface area contributed by atoms with Crippen LogP contribution in [0.25, 0.3) is 0 Å². The van der Waals surface area contributed by atoms with Gasteiger partial charge in [-0.1, -0.05) is 22.0 Å². The van der Waals surface area contributed by atoms with E-state index in [4.69, 9.17) is 4.74 Å². The number of ether oxygens (including phenoxy) is 1. The predicted molar refractivity (Wildman–Crippen MR) is 68.3 cm³/mol. The average Bonchev–Trinajstić information content (AvgIpc) is 2.81. The fraction of sp³-hybridized carbons (Fsp3) is 0.0833. The zero-order valence-corrected chi connectivity index (χ0v) is 10.8. The van der Waals surface area contributed by atoms with Crippen molar-refractivity contribution >= 4 is 33.0 Å². The molecule has 0 saturated carbocycles. The maximum absolute atomic E-state index is 11.6. The Labute approximate surface area is 106 Å². The number of carbonyl (C=O) groups is 1. The second-order valence-corrected chi connectivity index (χ2v) is 5.01. The highest BCUT2D eigenvalue weighted by Crippen LogP contribution is 2.17. The number of thiophene rings is 1. The maximum Gasteiger partial charge on any atom is 0.210 e. The minimum atomic E-state index is 0.0120. The molecule has 0 N–H and O–H groups in total. The summed E-state index contributed by atoms with van der Waals surface area (Å²) >= 11 is 4.77. The van der Waals surface area contributed by atoms with Crippen molar-refractivity contribution in [2.24, 2.45) is 0 Å². The van der Waals surface area contributed by atoms with Crippen LogP contribution in [0.2, 0.25) is 0 Å².